The van der Waals surface area contributed by atoms with Crippen LogP contribution in [0.3, 0.4) is 0 Å². The van der Waals surface area contributed by atoms with E-state index in [0.717, 1.165) is 6.42 Å². The molecule has 0 spiro atoms. The molecule has 3 N–H and O–H groups in total. The van der Waals surface area contributed by atoms with Crippen molar-refractivity contribution in [2.24, 2.45) is 17.6 Å². The first-order valence-electron chi connectivity index (χ1n) is 6.48. The first-order chi connectivity index (χ1) is 8.08. The molecule has 0 aliphatic carbocycles. The lowest BCUT2D eigenvalue weighted by Crippen LogP contribution is -2.26. The van der Waals surface area contributed by atoms with Gasteiger partial charge < -0.3 is 10.8 Å². The van der Waals surface area contributed by atoms with Gasteiger partial charge in [0.25, 0.3) is 0 Å². The van der Waals surface area contributed by atoms with Gasteiger partial charge in [0.05, 0.1) is 0 Å². The van der Waals surface area contributed by atoms with Crippen LogP contribution < -0.4 is 5.73 Å². The minimum atomic E-state index is 0.182. The van der Waals surface area contributed by atoms with Crippen molar-refractivity contribution in [3.8, 4) is 0 Å². The molecule has 0 saturated heterocycles. The zero-order chi connectivity index (χ0) is 12.8. The van der Waals surface area contributed by atoms with Crippen molar-refractivity contribution in [1.29, 1.82) is 0 Å². The van der Waals surface area contributed by atoms with Crippen LogP contribution in [0, 0.1) is 11.8 Å². The molecule has 0 aliphatic heterocycles. The molecular formula is C15H25NO. The number of hydrogen-bond acceptors (Lipinski definition) is 2. The fraction of sp³-hybridized carbons (Fsp3) is 0.600. The summed E-state index contributed by atoms with van der Waals surface area (Å²) >= 11 is 0. The normalized spacial score (nSPS) is 14.9. The molecule has 0 amide bonds. The summed E-state index contributed by atoms with van der Waals surface area (Å²) in [5, 5.41) is 9.21. The van der Waals surface area contributed by atoms with Crippen molar-refractivity contribution in [2.75, 3.05) is 13.2 Å². The van der Waals surface area contributed by atoms with Crippen LogP contribution in [0.2, 0.25) is 0 Å². The van der Waals surface area contributed by atoms with E-state index in [0.29, 0.717) is 18.4 Å². The number of nitrogens with two attached hydrogens (primary N) is 1. The molecule has 2 heteroatoms. The van der Waals surface area contributed by atoms with E-state index in [1.165, 1.54) is 11.1 Å². The van der Waals surface area contributed by atoms with Crippen LogP contribution in [0.4, 0.5) is 0 Å². The van der Waals surface area contributed by atoms with Crippen LogP contribution in [0.5, 0.6) is 0 Å². The summed E-state index contributed by atoms with van der Waals surface area (Å²) in [6, 6.07) is 8.78. The van der Waals surface area contributed by atoms with Gasteiger partial charge >= 0.3 is 0 Å². The summed E-state index contributed by atoms with van der Waals surface area (Å²) in [6.07, 6.45) is 0.987. The van der Waals surface area contributed by atoms with E-state index < -0.39 is 0 Å². The molecule has 17 heavy (non-hydrogen) atoms. The number of aliphatic hydroxyl groups excluding tert-OH is 1. The predicted octanol–water partition coefficient (Wildman–Crippen LogP) is 2.56. The lowest BCUT2D eigenvalue weighted by atomic mass is 9.88. The van der Waals surface area contributed by atoms with Gasteiger partial charge in [-0.1, -0.05) is 45.0 Å². The summed E-state index contributed by atoms with van der Waals surface area (Å²) in [5.41, 5.74) is 8.34. The van der Waals surface area contributed by atoms with Gasteiger partial charge in [0.2, 0.25) is 0 Å². The number of aliphatic hydroxyl groups is 1. The maximum atomic E-state index is 9.21. The van der Waals surface area contributed by atoms with E-state index in [4.69, 9.17) is 5.73 Å². The Balaban J connectivity index is 2.62. The van der Waals surface area contributed by atoms with Crippen molar-refractivity contribution < 1.29 is 5.11 Å². The first-order valence-corrected chi connectivity index (χ1v) is 6.48. The van der Waals surface area contributed by atoms with Crippen LogP contribution in [0.25, 0.3) is 0 Å². The topological polar surface area (TPSA) is 46.2 Å². The molecule has 2 nitrogen and oxygen atoms in total. The summed E-state index contributed by atoms with van der Waals surface area (Å²) in [5.74, 6) is 1.21. The third-order valence-electron chi connectivity index (χ3n) is 3.55. The SMILES string of the molecule is CC(C)c1ccc(CC(C)C(CN)CO)cc1. The second-order valence-electron chi connectivity index (χ2n) is 5.26. The molecule has 0 aliphatic rings. The van der Waals surface area contributed by atoms with E-state index in [9.17, 15) is 5.11 Å². The molecule has 96 valence electrons. The molecule has 2 atom stereocenters. The van der Waals surface area contributed by atoms with Gasteiger partial charge in [-0.15, -0.1) is 0 Å². The zero-order valence-corrected chi connectivity index (χ0v) is 11.2. The van der Waals surface area contributed by atoms with E-state index in [1.807, 2.05) is 0 Å². The van der Waals surface area contributed by atoms with Crippen molar-refractivity contribution in [1.82, 2.24) is 0 Å². The summed E-state index contributed by atoms with van der Waals surface area (Å²) in [7, 11) is 0. The van der Waals surface area contributed by atoms with Crippen LogP contribution >= 0.6 is 0 Å². The van der Waals surface area contributed by atoms with Crippen molar-refractivity contribution in [3.05, 3.63) is 35.4 Å². The molecule has 0 bridgehead atoms. The second kappa shape index (κ2) is 6.77. The highest BCUT2D eigenvalue weighted by molar-refractivity contribution is 5.25. The minimum Gasteiger partial charge on any atom is -0.396 e. The molecule has 2 unspecified atom stereocenters. The average Bonchev–Trinajstić information content (AvgIpc) is 2.31. The van der Waals surface area contributed by atoms with E-state index in [1.54, 1.807) is 0 Å². The fourth-order valence-electron chi connectivity index (χ4n) is 2.06. The van der Waals surface area contributed by atoms with Crippen LogP contribution in [-0.2, 0) is 6.42 Å². The standard InChI is InChI=1S/C15H25NO/c1-11(2)14-6-4-13(5-7-14)8-12(3)15(9-16)10-17/h4-7,11-12,15,17H,8-10,16H2,1-3H3. The number of rotatable bonds is 6. The number of benzene rings is 1. The first kappa shape index (κ1) is 14.2. The Hall–Kier alpha value is -0.860. The lowest BCUT2D eigenvalue weighted by molar-refractivity contribution is 0.187. The molecule has 1 aromatic carbocycles. The molecule has 1 aromatic rings. The van der Waals surface area contributed by atoms with Crippen LogP contribution in [0.1, 0.15) is 37.8 Å². The highest BCUT2D eigenvalue weighted by atomic mass is 16.3. The lowest BCUT2D eigenvalue weighted by Gasteiger charge is -2.20. The maximum absolute atomic E-state index is 9.21. The summed E-state index contributed by atoms with van der Waals surface area (Å²) in [6.45, 7) is 7.30. The highest BCUT2D eigenvalue weighted by Crippen LogP contribution is 2.19. The molecule has 0 heterocycles. The third-order valence-corrected chi connectivity index (χ3v) is 3.55. The van der Waals surface area contributed by atoms with E-state index in [-0.39, 0.29) is 12.5 Å². The summed E-state index contributed by atoms with van der Waals surface area (Å²) < 4.78 is 0. The Morgan fingerprint density at radius 2 is 1.71 bits per heavy atom. The van der Waals surface area contributed by atoms with Crippen molar-refractivity contribution in [3.63, 3.8) is 0 Å². The average molecular weight is 235 g/mol. The number of hydrogen-bond donors (Lipinski definition) is 2. The van der Waals surface area contributed by atoms with Gasteiger partial charge in [0.15, 0.2) is 0 Å². The Morgan fingerprint density at radius 3 is 2.12 bits per heavy atom. The van der Waals surface area contributed by atoms with E-state index in [2.05, 4.69) is 45.0 Å². The molecule has 0 fully saturated rings. The van der Waals surface area contributed by atoms with Gasteiger partial charge in [-0.3, -0.25) is 0 Å². The fourth-order valence-corrected chi connectivity index (χ4v) is 2.06. The quantitative estimate of drug-likeness (QED) is 0.796. The predicted molar refractivity (Wildman–Crippen MR) is 73.0 cm³/mol. The Bertz CT molecular complexity index is 314. The molecule has 0 aromatic heterocycles. The minimum absolute atomic E-state index is 0.182. The van der Waals surface area contributed by atoms with E-state index >= 15 is 0 Å². The Labute approximate surface area is 105 Å². The van der Waals surface area contributed by atoms with Gasteiger partial charge in [0, 0.05) is 6.61 Å². The molecule has 1 rings (SSSR count). The smallest absolute Gasteiger partial charge is 0.0474 e. The molecule has 0 saturated carbocycles. The second-order valence-corrected chi connectivity index (χ2v) is 5.26. The van der Waals surface area contributed by atoms with Crippen LogP contribution in [0.15, 0.2) is 24.3 Å². The van der Waals surface area contributed by atoms with Gasteiger partial charge in [-0.25, -0.2) is 0 Å². The Morgan fingerprint density at radius 1 is 1.12 bits per heavy atom. The van der Waals surface area contributed by atoms with Gasteiger partial charge in [0.1, 0.15) is 0 Å². The van der Waals surface area contributed by atoms with Gasteiger partial charge in [-0.2, -0.15) is 0 Å². The zero-order valence-electron chi connectivity index (χ0n) is 11.2. The Kier molecular flexibility index (Phi) is 5.66. The molecular weight excluding hydrogens is 210 g/mol. The monoisotopic (exact) mass is 235 g/mol. The van der Waals surface area contributed by atoms with Crippen LogP contribution in [-0.4, -0.2) is 18.3 Å². The van der Waals surface area contributed by atoms with Gasteiger partial charge in [-0.05, 0) is 41.8 Å². The van der Waals surface area contributed by atoms with Crippen molar-refractivity contribution >= 4 is 0 Å². The maximum Gasteiger partial charge on any atom is 0.0474 e. The molecule has 0 radical (unpaired) electrons. The largest absolute Gasteiger partial charge is 0.396 e. The highest BCUT2D eigenvalue weighted by Gasteiger charge is 2.15. The van der Waals surface area contributed by atoms with Crippen molar-refractivity contribution in [2.45, 2.75) is 33.1 Å². The summed E-state index contributed by atoms with van der Waals surface area (Å²) in [4.78, 5) is 0. The third kappa shape index (κ3) is 4.14.